The highest BCUT2D eigenvalue weighted by Crippen LogP contribution is 2.63. The van der Waals surface area contributed by atoms with Gasteiger partial charge in [0, 0.05) is 12.0 Å². The highest BCUT2D eigenvalue weighted by Gasteiger charge is 2.61. The summed E-state index contributed by atoms with van der Waals surface area (Å²) in [6, 6.07) is 10.5. The second-order valence-corrected chi connectivity index (χ2v) is 6.58. The molecule has 0 bridgehead atoms. The third-order valence-electron chi connectivity index (χ3n) is 4.10. The first-order valence-corrected chi connectivity index (χ1v) is 7.72. The number of carbonyl (C=O) groups is 1. The minimum atomic E-state index is 0.127. The van der Waals surface area contributed by atoms with E-state index in [4.69, 9.17) is 0 Å². The highest BCUT2D eigenvalue weighted by atomic mass is 32.2. The van der Waals surface area contributed by atoms with Crippen molar-refractivity contribution in [3.8, 4) is 0 Å². The Bertz CT molecular complexity index is 429. The van der Waals surface area contributed by atoms with Crippen molar-refractivity contribution in [2.45, 2.75) is 25.7 Å². The molecule has 3 heteroatoms. The fourth-order valence-corrected chi connectivity index (χ4v) is 3.16. The van der Waals surface area contributed by atoms with E-state index in [9.17, 15) is 4.79 Å². The third kappa shape index (κ3) is 2.41. The summed E-state index contributed by atoms with van der Waals surface area (Å²) in [7, 11) is 0. The van der Waals surface area contributed by atoms with Gasteiger partial charge in [-0.25, -0.2) is 0 Å². The van der Waals surface area contributed by atoms with E-state index >= 15 is 0 Å². The maximum absolute atomic E-state index is 11.6. The smallest absolute Gasteiger partial charge is 0.230 e. The molecule has 1 aromatic rings. The van der Waals surface area contributed by atoms with E-state index in [0.29, 0.717) is 5.75 Å². The van der Waals surface area contributed by atoms with Crippen molar-refractivity contribution in [2.75, 3.05) is 18.6 Å². The topological polar surface area (TPSA) is 29.1 Å². The van der Waals surface area contributed by atoms with Gasteiger partial charge in [-0.1, -0.05) is 44.2 Å². The normalized spacial score (nSPS) is 24.6. The molecule has 1 aromatic carbocycles. The summed E-state index contributed by atoms with van der Waals surface area (Å²) in [5.41, 5.74) is 1.75. The zero-order valence-corrected chi connectivity index (χ0v) is 12.1. The molecule has 1 aliphatic carbocycles. The second kappa shape index (κ2) is 4.96. The number of benzene rings is 1. The van der Waals surface area contributed by atoms with Gasteiger partial charge in [-0.2, -0.15) is 11.8 Å². The van der Waals surface area contributed by atoms with Gasteiger partial charge < -0.3 is 5.32 Å². The van der Waals surface area contributed by atoms with Crippen molar-refractivity contribution in [2.24, 2.45) is 5.41 Å². The van der Waals surface area contributed by atoms with Crippen molar-refractivity contribution in [3.05, 3.63) is 35.9 Å². The summed E-state index contributed by atoms with van der Waals surface area (Å²) >= 11 is 1.56. The molecule has 98 valence electrons. The largest absolute Gasteiger partial charge is 0.354 e. The molecule has 0 unspecified atom stereocenters. The number of amides is 1. The second-order valence-electron chi connectivity index (χ2n) is 5.72. The van der Waals surface area contributed by atoms with Crippen LogP contribution in [0.4, 0.5) is 0 Å². The van der Waals surface area contributed by atoms with Crippen molar-refractivity contribution in [1.29, 1.82) is 0 Å². The van der Waals surface area contributed by atoms with Crippen LogP contribution in [-0.4, -0.2) is 24.5 Å². The molecule has 1 N–H and O–H groups in total. The van der Waals surface area contributed by atoms with E-state index < -0.39 is 0 Å². The lowest BCUT2D eigenvalue weighted by Gasteiger charge is -2.21. The summed E-state index contributed by atoms with van der Waals surface area (Å²) < 4.78 is 0. The number of nitrogens with one attached hydrogen (secondary N) is 1. The SMILES string of the molecule is CSCC(=O)NC[C@@]1(c2ccccc2)CC1(C)C. The van der Waals surface area contributed by atoms with Gasteiger partial charge in [0.2, 0.25) is 5.91 Å². The van der Waals surface area contributed by atoms with Crippen molar-refractivity contribution < 1.29 is 4.79 Å². The highest BCUT2D eigenvalue weighted by molar-refractivity contribution is 7.99. The maximum Gasteiger partial charge on any atom is 0.230 e. The Morgan fingerprint density at radius 2 is 1.94 bits per heavy atom. The van der Waals surface area contributed by atoms with E-state index in [-0.39, 0.29) is 16.7 Å². The Morgan fingerprint density at radius 3 is 2.44 bits per heavy atom. The van der Waals surface area contributed by atoms with Gasteiger partial charge in [-0.3, -0.25) is 4.79 Å². The van der Waals surface area contributed by atoms with Gasteiger partial charge in [0.05, 0.1) is 5.75 Å². The van der Waals surface area contributed by atoms with Gasteiger partial charge in [-0.15, -0.1) is 0 Å². The van der Waals surface area contributed by atoms with Crippen LogP contribution in [0.5, 0.6) is 0 Å². The summed E-state index contributed by atoms with van der Waals surface area (Å²) in [5, 5.41) is 3.08. The van der Waals surface area contributed by atoms with Gasteiger partial charge in [0.15, 0.2) is 0 Å². The Morgan fingerprint density at radius 1 is 1.33 bits per heavy atom. The number of hydrogen-bond donors (Lipinski definition) is 1. The summed E-state index contributed by atoms with van der Waals surface area (Å²) in [6.45, 7) is 5.31. The minimum absolute atomic E-state index is 0.127. The predicted molar refractivity (Wildman–Crippen MR) is 77.9 cm³/mol. The molecular formula is C15H21NOS. The monoisotopic (exact) mass is 263 g/mol. The lowest BCUT2D eigenvalue weighted by atomic mass is 9.88. The Labute approximate surface area is 114 Å². The molecule has 2 nitrogen and oxygen atoms in total. The van der Waals surface area contributed by atoms with Crippen LogP contribution in [0.3, 0.4) is 0 Å². The van der Waals surface area contributed by atoms with E-state index in [1.54, 1.807) is 11.8 Å². The Hall–Kier alpha value is -0.960. The van der Waals surface area contributed by atoms with Crippen molar-refractivity contribution in [1.82, 2.24) is 5.32 Å². The molecule has 1 aliphatic rings. The van der Waals surface area contributed by atoms with Crippen LogP contribution in [0.1, 0.15) is 25.8 Å². The molecular weight excluding hydrogens is 242 g/mol. The lowest BCUT2D eigenvalue weighted by Crippen LogP contribution is -2.35. The molecule has 0 radical (unpaired) electrons. The first-order chi connectivity index (χ1) is 8.52. The average Bonchev–Trinajstić information content (AvgIpc) is 2.92. The van der Waals surface area contributed by atoms with E-state index in [0.717, 1.165) is 13.0 Å². The Kier molecular flexibility index (Phi) is 3.71. The van der Waals surface area contributed by atoms with Gasteiger partial charge >= 0.3 is 0 Å². The summed E-state index contributed by atoms with van der Waals surface area (Å²) in [4.78, 5) is 11.6. The quantitative estimate of drug-likeness (QED) is 0.885. The average molecular weight is 263 g/mol. The van der Waals surface area contributed by atoms with Crippen molar-refractivity contribution in [3.63, 3.8) is 0 Å². The van der Waals surface area contributed by atoms with Gasteiger partial charge in [-0.05, 0) is 23.7 Å². The number of carbonyl (C=O) groups excluding carboxylic acids is 1. The predicted octanol–water partition coefficient (Wildman–Crippen LogP) is 2.83. The van der Waals surface area contributed by atoms with Crippen LogP contribution < -0.4 is 5.32 Å². The van der Waals surface area contributed by atoms with Crippen LogP contribution in [0.2, 0.25) is 0 Å². The van der Waals surface area contributed by atoms with Crippen LogP contribution in [0, 0.1) is 5.41 Å². The number of rotatable bonds is 5. The molecule has 0 spiro atoms. The van der Waals surface area contributed by atoms with E-state index in [1.165, 1.54) is 5.56 Å². The first kappa shape index (κ1) is 13.5. The molecule has 0 aromatic heterocycles. The fraction of sp³-hybridized carbons (Fsp3) is 0.533. The fourth-order valence-electron chi connectivity index (χ4n) is 2.80. The molecule has 0 saturated heterocycles. The van der Waals surface area contributed by atoms with Crippen LogP contribution in [0.25, 0.3) is 0 Å². The molecule has 0 heterocycles. The van der Waals surface area contributed by atoms with Crippen LogP contribution >= 0.6 is 11.8 Å². The van der Waals surface area contributed by atoms with Crippen molar-refractivity contribution >= 4 is 17.7 Å². The standard InChI is InChI=1S/C15H21NOS/c1-14(2)10-15(14,11-16-13(17)9-18-3)12-7-5-4-6-8-12/h4-8H,9-11H2,1-3H3,(H,16,17)/t15-/m1/s1. The zero-order valence-electron chi connectivity index (χ0n) is 11.3. The number of thioether (sulfide) groups is 1. The summed E-state index contributed by atoms with van der Waals surface area (Å²) in [5.74, 6) is 0.686. The van der Waals surface area contributed by atoms with Crippen LogP contribution in [0.15, 0.2) is 30.3 Å². The molecule has 18 heavy (non-hydrogen) atoms. The first-order valence-electron chi connectivity index (χ1n) is 6.33. The lowest BCUT2D eigenvalue weighted by molar-refractivity contribution is -0.118. The van der Waals surface area contributed by atoms with Gasteiger partial charge in [0.1, 0.15) is 0 Å². The van der Waals surface area contributed by atoms with Gasteiger partial charge in [0.25, 0.3) is 0 Å². The summed E-state index contributed by atoms with van der Waals surface area (Å²) in [6.07, 6.45) is 3.09. The molecule has 1 saturated carbocycles. The third-order valence-corrected chi connectivity index (χ3v) is 4.65. The van der Waals surface area contributed by atoms with Crippen LogP contribution in [-0.2, 0) is 10.2 Å². The molecule has 1 fully saturated rings. The molecule has 1 amide bonds. The molecule has 0 aliphatic heterocycles. The minimum Gasteiger partial charge on any atom is -0.354 e. The van der Waals surface area contributed by atoms with E-state index in [1.807, 2.05) is 12.3 Å². The number of hydrogen-bond acceptors (Lipinski definition) is 2. The zero-order chi connectivity index (χ0) is 13.2. The molecule has 2 rings (SSSR count). The van der Waals surface area contributed by atoms with E-state index in [2.05, 4.69) is 43.4 Å². The molecule has 1 atom stereocenters. The Balaban J connectivity index is 2.09. The maximum atomic E-state index is 11.6.